The van der Waals surface area contributed by atoms with E-state index in [2.05, 4.69) is 13.8 Å². The van der Waals surface area contributed by atoms with Crippen LogP contribution >= 0.6 is 0 Å². The molecule has 0 aliphatic carbocycles. The van der Waals surface area contributed by atoms with E-state index < -0.39 is 5.79 Å². The molecule has 0 aliphatic heterocycles. The van der Waals surface area contributed by atoms with E-state index in [-0.39, 0.29) is 0 Å². The van der Waals surface area contributed by atoms with E-state index in [1.54, 1.807) is 0 Å². The lowest BCUT2D eigenvalue weighted by Crippen LogP contribution is -2.22. The highest BCUT2D eigenvalue weighted by atomic mass is 16.5. The lowest BCUT2D eigenvalue weighted by Gasteiger charge is -2.14. The molecular weight excluding hydrogens is 276 g/mol. The molecule has 0 spiro atoms. The molecule has 0 saturated heterocycles. The first-order valence-corrected chi connectivity index (χ1v) is 9.44. The van der Waals surface area contributed by atoms with Gasteiger partial charge in [0.15, 0.2) is 5.79 Å². The SMILES string of the molecule is CC(C)CCCCCCCCCCOCCCCC(C)(O)O. The molecule has 0 unspecified atom stereocenters. The summed E-state index contributed by atoms with van der Waals surface area (Å²) in [6.07, 6.45) is 14.3. The van der Waals surface area contributed by atoms with Gasteiger partial charge >= 0.3 is 0 Å². The van der Waals surface area contributed by atoms with Gasteiger partial charge in [0.05, 0.1) is 0 Å². The fraction of sp³-hybridized carbons (Fsp3) is 1.00. The van der Waals surface area contributed by atoms with Crippen molar-refractivity contribution in [2.24, 2.45) is 5.92 Å². The average molecular weight is 317 g/mol. The van der Waals surface area contributed by atoms with E-state index in [1.807, 2.05) is 0 Å². The van der Waals surface area contributed by atoms with Crippen LogP contribution in [0.4, 0.5) is 0 Å². The van der Waals surface area contributed by atoms with Crippen molar-refractivity contribution in [1.29, 1.82) is 0 Å². The van der Waals surface area contributed by atoms with Crippen LogP contribution in [0.2, 0.25) is 0 Å². The number of unbranched alkanes of at least 4 members (excludes halogenated alkanes) is 8. The summed E-state index contributed by atoms with van der Waals surface area (Å²) in [6.45, 7) is 7.63. The molecule has 22 heavy (non-hydrogen) atoms. The number of aliphatic hydroxyl groups is 2. The van der Waals surface area contributed by atoms with Gasteiger partial charge in [-0.05, 0) is 32.1 Å². The van der Waals surface area contributed by atoms with Crippen LogP contribution < -0.4 is 0 Å². The Morgan fingerprint density at radius 2 is 1.18 bits per heavy atom. The third-order valence-electron chi connectivity index (χ3n) is 4.01. The Balaban J connectivity index is 3.03. The minimum atomic E-state index is -1.52. The van der Waals surface area contributed by atoms with Crippen molar-refractivity contribution in [2.45, 2.75) is 104 Å². The van der Waals surface area contributed by atoms with Gasteiger partial charge in [-0.25, -0.2) is 0 Å². The fourth-order valence-electron chi connectivity index (χ4n) is 2.58. The van der Waals surface area contributed by atoms with E-state index >= 15 is 0 Å². The number of rotatable bonds is 16. The third kappa shape index (κ3) is 19.9. The highest BCUT2D eigenvalue weighted by Crippen LogP contribution is 2.13. The molecule has 3 nitrogen and oxygen atoms in total. The molecule has 0 rings (SSSR count). The minimum Gasteiger partial charge on any atom is -0.381 e. The summed E-state index contributed by atoms with van der Waals surface area (Å²) in [5, 5.41) is 18.3. The highest BCUT2D eigenvalue weighted by Gasteiger charge is 2.13. The molecular formula is C19H40O3. The van der Waals surface area contributed by atoms with E-state index in [0.717, 1.165) is 38.4 Å². The second-order valence-corrected chi connectivity index (χ2v) is 7.30. The van der Waals surface area contributed by atoms with Gasteiger partial charge in [0, 0.05) is 19.6 Å². The highest BCUT2D eigenvalue weighted by molar-refractivity contribution is 4.55. The average Bonchev–Trinajstić information content (AvgIpc) is 2.41. The Hall–Kier alpha value is -0.120. The van der Waals surface area contributed by atoms with Crippen molar-refractivity contribution in [3.63, 3.8) is 0 Å². The van der Waals surface area contributed by atoms with E-state index in [4.69, 9.17) is 14.9 Å². The predicted molar refractivity (Wildman–Crippen MR) is 93.9 cm³/mol. The second kappa shape index (κ2) is 14.5. The molecule has 0 atom stereocenters. The Bertz CT molecular complexity index is 221. The first-order valence-electron chi connectivity index (χ1n) is 9.44. The van der Waals surface area contributed by atoms with Crippen molar-refractivity contribution < 1.29 is 14.9 Å². The zero-order chi connectivity index (χ0) is 16.7. The summed E-state index contributed by atoms with van der Waals surface area (Å²) in [4.78, 5) is 0. The zero-order valence-corrected chi connectivity index (χ0v) is 15.3. The summed E-state index contributed by atoms with van der Waals surface area (Å²) < 4.78 is 5.57. The molecule has 0 aromatic rings. The topological polar surface area (TPSA) is 49.7 Å². The first kappa shape index (κ1) is 21.9. The molecule has 0 fully saturated rings. The van der Waals surface area contributed by atoms with Crippen LogP contribution in [0.5, 0.6) is 0 Å². The van der Waals surface area contributed by atoms with Crippen LogP contribution in [0.25, 0.3) is 0 Å². The van der Waals surface area contributed by atoms with Crippen molar-refractivity contribution in [2.75, 3.05) is 13.2 Å². The molecule has 0 aliphatic rings. The van der Waals surface area contributed by atoms with E-state index in [9.17, 15) is 0 Å². The molecule has 0 heterocycles. The van der Waals surface area contributed by atoms with Crippen LogP contribution in [0.15, 0.2) is 0 Å². The van der Waals surface area contributed by atoms with Crippen molar-refractivity contribution >= 4 is 0 Å². The molecule has 0 aromatic carbocycles. The van der Waals surface area contributed by atoms with Gasteiger partial charge in [-0.15, -0.1) is 0 Å². The summed E-state index contributed by atoms with van der Waals surface area (Å²) in [5.41, 5.74) is 0. The fourth-order valence-corrected chi connectivity index (χ4v) is 2.58. The Morgan fingerprint density at radius 1 is 0.727 bits per heavy atom. The van der Waals surface area contributed by atoms with E-state index in [0.29, 0.717) is 6.42 Å². The van der Waals surface area contributed by atoms with Gasteiger partial charge < -0.3 is 14.9 Å². The molecule has 0 radical (unpaired) electrons. The van der Waals surface area contributed by atoms with Gasteiger partial charge in [0.1, 0.15) is 0 Å². The van der Waals surface area contributed by atoms with Gasteiger partial charge in [0.25, 0.3) is 0 Å². The van der Waals surface area contributed by atoms with Gasteiger partial charge in [0.2, 0.25) is 0 Å². The number of ether oxygens (including phenoxy) is 1. The third-order valence-corrected chi connectivity index (χ3v) is 4.01. The van der Waals surface area contributed by atoms with Crippen LogP contribution in [0.1, 0.15) is 97.8 Å². The normalized spacial score (nSPS) is 12.3. The summed E-state index contributed by atoms with van der Waals surface area (Å²) >= 11 is 0. The maximum absolute atomic E-state index is 9.15. The van der Waals surface area contributed by atoms with Gasteiger partial charge in [-0.1, -0.05) is 65.2 Å². The number of hydrogen-bond acceptors (Lipinski definition) is 3. The van der Waals surface area contributed by atoms with Crippen molar-refractivity contribution in [3.05, 3.63) is 0 Å². The molecule has 2 N–H and O–H groups in total. The van der Waals surface area contributed by atoms with Gasteiger partial charge in [-0.3, -0.25) is 0 Å². The molecule has 3 heteroatoms. The lowest BCUT2D eigenvalue weighted by atomic mass is 10.0. The molecule has 0 bridgehead atoms. The van der Waals surface area contributed by atoms with Gasteiger partial charge in [-0.2, -0.15) is 0 Å². The minimum absolute atomic E-state index is 0.424. The lowest BCUT2D eigenvalue weighted by molar-refractivity contribution is -0.150. The van der Waals surface area contributed by atoms with Crippen LogP contribution in [0.3, 0.4) is 0 Å². The van der Waals surface area contributed by atoms with Crippen molar-refractivity contribution in [1.82, 2.24) is 0 Å². The summed E-state index contributed by atoms with van der Waals surface area (Å²) in [5.74, 6) is -0.661. The maximum atomic E-state index is 9.15. The standard InChI is InChI=1S/C19H40O3/c1-18(2)14-10-8-6-4-5-7-9-12-16-22-17-13-11-15-19(3,20)21/h18,20-21H,4-17H2,1-3H3. The van der Waals surface area contributed by atoms with E-state index in [1.165, 1.54) is 58.3 Å². The largest absolute Gasteiger partial charge is 0.381 e. The van der Waals surface area contributed by atoms with Crippen LogP contribution in [-0.2, 0) is 4.74 Å². The Kier molecular flexibility index (Phi) is 14.4. The number of hydrogen-bond donors (Lipinski definition) is 2. The quantitative estimate of drug-likeness (QED) is 0.310. The maximum Gasteiger partial charge on any atom is 0.159 e. The molecule has 134 valence electrons. The monoisotopic (exact) mass is 316 g/mol. The zero-order valence-electron chi connectivity index (χ0n) is 15.3. The van der Waals surface area contributed by atoms with Crippen LogP contribution in [-0.4, -0.2) is 29.2 Å². The molecule has 0 saturated carbocycles. The Labute approximate surface area is 138 Å². The smallest absolute Gasteiger partial charge is 0.159 e. The molecule has 0 aromatic heterocycles. The molecule has 0 amide bonds. The second-order valence-electron chi connectivity index (χ2n) is 7.30. The van der Waals surface area contributed by atoms with Crippen molar-refractivity contribution in [3.8, 4) is 0 Å². The predicted octanol–water partition coefficient (Wildman–Crippen LogP) is 5.04. The Morgan fingerprint density at radius 3 is 1.68 bits per heavy atom. The van der Waals surface area contributed by atoms with Crippen LogP contribution in [0, 0.1) is 5.92 Å². The first-order chi connectivity index (χ1) is 10.4. The summed E-state index contributed by atoms with van der Waals surface area (Å²) in [7, 11) is 0. The summed E-state index contributed by atoms with van der Waals surface area (Å²) in [6, 6.07) is 0.